The Hall–Kier alpha value is -0.420. The third-order valence-electron chi connectivity index (χ3n) is 3.50. The standard InChI is InChI=1S/C14H22BrNO2/c1-13(2,14(3,4)18)16-9-12(17)10-6-5-7-11(15)8-10/h5-8,12,16-18H,9H2,1-4H3. The third kappa shape index (κ3) is 4.05. The zero-order chi connectivity index (χ0) is 14.0. The molecule has 0 aliphatic carbocycles. The second-order valence-corrected chi connectivity index (χ2v) is 6.55. The van der Waals surface area contributed by atoms with E-state index in [1.807, 2.05) is 38.1 Å². The average Bonchev–Trinajstić information content (AvgIpc) is 2.24. The molecule has 18 heavy (non-hydrogen) atoms. The largest absolute Gasteiger partial charge is 0.389 e. The van der Waals surface area contributed by atoms with Crippen molar-refractivity contribution in [3.05, 3.63) is 34.3 Å². The number of aliphatic hydroxyl groups excluding tert-OH is 1. The molecule has 0 amide bonds. The van der Waals surface area contributed by atoms with Crippen LogP contribution in [-0.2, 0) is 0 Å². The third-order valence-corrected chi connectivity index (χ3v) is 3.99. The molecule has 0 fully saturated rings. The van der Waals surface area contributed by atoms with E-state index in [0.717, 1.165) is 10.0 Å². The van der Waals surface area contributed by atoms with Gasteiger partial charge in [-0.1, -0.05) is 28.1 Å². The molecule has 0 aliphatic rings. The summed E-state index contributed by atoms with van der Waals surface area (Å²) >= 11 is 3.38. The van der Waals surface area contributed by atoms with Gasteiger partial charge in [0.25, 0.3) is 0 Å². The Labute approximate surface area is 117 Å². The molecule has 4 heteroatoms. The van der Waals surface area contributed by atoms with Crippen molar-refractivity contribution < 1.29 is 10.2 Å². The van der Waals surface area contributed by atoms with Crippen molar-refractivity contribution in [1.82, 2.24) is 5.32 Å². The molecule has 1 aromatic carbocycles. The maximum Gasteiger partial charge on any atom is 0.0914 e. The summed E-state index contributed by atoms with van der Waals surface area (Å²) in [5, 5.41) is 23.3. The lowest BCUT2D eigenvalue weighted by molar-refractivity contribution is -0.00979. The van der Waals surface area contributed by atoms with E-state index in [0.29, 0.717) is 6.54 Å². The molecule has 3 N–H and O–H groups in total. The molecule has 1 rings (SSSR count). The van der Waals surface area contributed by atoms with Gasteiger partial charge in [-0.2, -0.15) is 0 Å². The molecule has 102 valence electrons. The molecule has 0 radical (unpaired) electrons. The first kappa shape index (κ1) is 15.6. The Bertz CT molecular complexity index is 399. The van der Waals surface area contributed by atoms with Crippen LogP contribution in [0.4, 0.5) is 0 Å². The molecule has 0 bridgehead atoms. The molecule has 0 aromatic heterocycles. The molecular formula is C14H22BrNO2. The van der Waals surface area contributed by atoms with Crippen molar-refractivity contribution in [2.45, 2.75) is 44.9 Å². The summed E-state index contributed by atoms with van der Waals surface area (Å²) in [5.74, 6) is 0. The molecule has 3 nitrogen and oxygen atoms in total. The van der Waals surface area contributed by atoms with E-state index >= 15 is 0 Å². The van der Waals surface area contributed by atoms with Crippen LogP contribution < -0.4 is 5.32 Å². The van der Waals surface area contributed by atoms with Crippen LogP contribution in [0.5, 0.6) is 0 Å². The van der Waals surface area contributed by atoms with Gasteiger partial charge in [0.15, 0.2) is 0 Å². The molecule has 1 atom stereocenters. The maximum absolute atomic E-state index is 10.1. The Balaban J connectivity index is 2.64. The minimum Gasteiger partial charge on any atom is -0.389 e. The fourth-order valence-electron chi connectivity index (χ4n) is 1.40. The predicted octanol–water partition coefficient (Wildman–Crippen LogP) is 2.62. The normalized spacial score (nSPS) is 14.6. The van der Waals surface area contributed by atoms with E-state index in [9.17, 15) is 10.2 Å². The van der Waals surface area contributed by atoms with Crippen LogP contribution in [0.2, 0.25) is 0 Å². The van der Waals surface area contributed by atoms with Gasteiger partial charge in [-0.05, 0) is 45.4 Å². The zero-order valence-corrected chi connectivity index (χ0v) is 13.0. The lowest BCUT2D eigenvalue weighted by Gasteiger charge is -2.38. The summed E-state index contributed by atoms with van der Waals surface area (Å²) in [5.41, 5.74) is -0.479. The highest BCUT2D eigenvalue weighted by Gasteiger charge is 2.34. The summed E-state index contributed by atoms with van der Waals surface area (Å²) in [7, 11) is 0. The summed E-state index contributed by atoms with van der Waals surface area (Å²) in [6.45, 7) is 7.74. The van der Waals surface area contributed by atoms with E-state index in [-0.39, 0.29) is 0 Å². The van der Waals surface area contributed by atoms with Gasteiger partial charge >= 0.3 is 0 Å². The van der Waals surface area contributed by atoms with E-state index < -0.39 is 17.2 Å². The number of nitrogens with one attached hydrogen (secondary N) is 1. The summed E-state index contributed by atoms with van der Waals surface area (Å²) in [6, 6.07) is 7.59. The second-order valence-electron chi connectivity index (χ2n) is 5.64. The summed E-state index contributed by atoms with van der Waals surface area (Å²) < 4.78 is 0.945. The van der Waals surface area contributed by atoms with Crippen molar-refractivity contribution in [1.29, 1.82) is 0 Å². The van der Waals surface area contributed by atoms with Crippen molar-refractivity contribution in [2.24, 2.45) is 0 Å². The Morgan fingerprint density at radius 3 is 2.39 bits per heavy atom. The minimum atomic E-state index is -0.857. The molecular weight excluding hydrogens is 294 g/mol. The Kier molecular flexibility index (Phi) is 4.95. The summed E-state index contributed by atoms with van der Waals surface area (Å²) in [6.07, 6.45) is -0.593. The number of benzene rings is 1. The van der Waals surface area contributed by atoms with Gasteiger partial charge in [0.2, 0.25) is 0 Å². The fourth-order valence-corrected chi connectivity index (χ4v) is 1.82. The van der Waals surface area contributed by atoms with Crippen LogP contribution >= 0.6 is 15.9 Å². The van der Waals surface area contributed by atoms with Gasteiger partial charge in [0.05, 0.1) is 11.7 Å². The van der Waals surface area contributed by atoms with Gasteiger partial charge in [0, 0.05) is 16.6 Å². The number of rotatable bonds is 5. The van der Waals surface area contributed by atoms with Gasteiger partial charge in [-0.3, -0.25) is 0 Å². The van der Waals surface area contributed by atoms with Crippen molar-refractivity contribution in [2.75, 3.05) is 6.54 Å². The Morgan fingerprint density at radius 2 is 1.89 bits per heavy atom. The molecule has 1 unspecified atom stereocenters. The van der Waals surface area contributed by atoms with Crippen LogP contribution in [0, 0.1) is 0 Å². The molecule has 0 aliphatic heterocycles. The number of hydrogen-bond donors (Lipinski definition) is 3. The van der Waals surface area contributed by atoms with E-state index in [4.69, 9.17) is 0 Å². The topological polar surface area (TPSA) is 52.5 Å². The smallest absolute Gasteiger partial charge is 0.0914 e. The molecule has 0 spiro atoms. The first-order chi connectivity index (χ1) is 8.13. The SMILES string of the molecule is CC(C)(O)C(C)(C)NCC(O)c1cccc(Br)c1. The first-order valence-electron chi connectivity index (χ1n) is 6.04. The second kappa shape index (κ2) is 5.70. The van der Waals surface area contributed by atoms with Crippen molar-refractivity contribution in [3.63, 3.8) is 0 Å². The van der Waals surface area contributed by atoms with Crippen molar-refractivity contribution >= 4 is 15.9 Å². The summed E-state index contributed by atoms with van der Waals surface area (Å²) in [4.78, 5) is 0. The van der Waals surface area contributed by atoms with Crippen molar-refractivity contribution in [3.8, 4) is 0 Å². The lowest BCUT2D eigenvalue weighted by Crippen LogP contribution is -2.56. The monoisotopic (exact) mass is 315 g/mol. The lowest BCUT2D eigenvalue weighted by atomic mass is 9.86. The Morgan fingerprint density at radius 1 is 1.28 bits per heavy atom. The highest BCUT2D eigenvalue weighted by Crippen LogP contribution is 2.22. The first-order valence-corrected chi connectivity index (χ1v) is 6.84. The van der Waals surface area contributed by atoms with Gasteiger partial charge < -0.3 is 15.5 Å². The van der Waals surface area contributed by atoms with E-state index in [2.05, 4.69) is 21.2 Å². The number of aliphatic hydroxyl groups is 2. The van der Waals surface area contributed by atoms with Gasteiger partial charge in [-0.15, -0.1) is 0 Å². The van der Waals surface area contributed by atoms with E-state index in [1.54, 1.807) is 13.8 Å². The number of β-amino-alcohol motifs (C(OH)–C–C–N with tert-alkyl or cyclic N) is 1. The minimum absolute atomic E-state index is 0.396. The molecule has 0 saturated carbocycles. The fraction of sp³-hybridized carbons (Fsp3) is 0.571. The van der Waals surface area contributed by atoms with Crippen LogP contribution in [0.15, 0.2) is 28.7 Å². The van der Waals surface area contributed by atoms with Gasteiger partial charge in [0.1, 0.15) is 0 Å². The maximum atomic E-state index is 10.1. The van der Waals surface area contributed by atoms with E-state index in [1.165, 1.54) is 0 Å². The van der Waals surface area contributed by atoms with Crippen LogP contribution in [0.25, 0.3) is 0 Å². The number of hydrogen-bond acceptors (Lipinski definition) is 3. The number of halogens is 1. The highest BCUT2D eigenvalue weighted by molar-refractivity contribution is 9.10. The van der Waals surface area contributed by atoms with Crippen LogP contribution in [0.1, 0.15) is 39.4 Å². The van der Waals surface area contributed by atoms with Gasteiger partial charge in [-0.25, -0.2) is 0 Å². The highest BCUT2D eigenvalue weighted by atomic mass is 79.9. The molecule has 1 aromatic rings. The molecule has 0 saturated heterocycles. The zero-order valence-electron chi connectivity index (χ0n) is 11.4. The van der Waals surface area contributed by atoms with Crippen LogP contribution in [0.3, 0.4) is 0 Å². The average molecular weight is 316 g/mol. The van der Waals surface area contributed by atoms with Crippen LogP contribution in [-0.4, -0.2) is 27.9 Å². The predicted molar refractivity (Wildman–Crippen MR) is 77.5 cm³/mol. The quantitative estimate of drug-likeness (QED) is 0.783. The molecule has 0 heterocycles.